The Kier molecular flexibility index (Phi) is 10.0. The molecular formula is C22H42OSi. The molecule has 2 heteroatoms. The van der Waals surface area contributed by atoms with Gasteiger partial charge >= 0.3 is 0 Å². The number of hydrogen-bond donors (Lipinski definition) is 0. The summed E-state index contributed by atoms with van der Waals surface area (Å²) in [6.45, 7) is 24.6. The second-order valence-electron chi connectivity index (χ2n) is 8.80. The molecule has 0 rings (SSSR count). The van der Waals surface area contributed by atoms with Gasteiger partial charge < -0.3 is 4.43 Å². The Morgan fingerprint density at radius 3 is 1.92 bits per heavy atom. The zero-order valence-electron chi connectivity index (χ0n) is 17.9. The normalized spacial score (nSPS) is 14.5. The van der Waals surface area contributed by atoms with Gasteiger partial charge in [-0.25, -0.2) is 0 Å². The maximum Gasteiger partial charge on any atom is 0.272 e. The second-order valence-corrected chi connectivity index (χ2v) is 14.2. The molecule has 1 unspecified atom stereocenters. The molecule has 0 aliphatic carbocycles. The van der Waals surface area contributed by atoms with Gasteiger partial charge in [-0.3, -0.25) is 0 Å². The van der Waals surface area contributed by atoms with E-state index in [1.165, 1.54) is 24.8 Å². The first kappa shape index (κ1) is 23.3. The molecule has 0 saturated heterocycles. The third-order valence-corrected chi connectivity index (χ3v) is 11.2. The van der Waals surface area contributed by atoms with Gasteiger partial charge in [-0.2, -0.15) is 0 Å². The summed E-state index contributed by atoms with van der Waals surface area (Å²) in [5, 5.41) is 0. The Balaban J connectivity index is 5.38. The fraction of sp³-hybridized carbons (Fsp3) is 0.818. The van der Waals surface area contributed by atoms with Crippen LogP contribution >= 0.6 is 0 Å². The van der Waals surface area contributed by atoms with Gasteiger partial charge in [-0.05, 0) is 43.3 Å². The molecule has 0 spiro atoms. The highest BCUT2D eigenvalue weighted by Gasteiger charge is 2.47. The van der Waals surface area contributed by atoms with E-state index in [1.54, 1.807) is 0 Å². The minimum absolute atomic E-state index is 0.00786. The van der Waals surface area contributed by atoms with E-state index in [4.69, 9.17) is 4.43 Å². The molecule has 0 N–H and O–H groups in total. The second kappa shape index (κ2) is 10.3. The third-order valence-electron chi connectivity index (χ3n) is 5.31. The lowest BCUT2D eigenvalue weighted by Gasteiger charge is -2.39. The van der Waals surface area contributed by atoms with Crippen molar-refractivity contribution in [3.05, 3.63) is 12.2 Å². The average Bonchev–Trinajstić information content (AvgIpc) is 2.41. The van der Waals surface area contributed by atoms with Crippen molar-refractivity contribution in [2.75, 3.05) is 0 Å². The highest BCUT2D eigenvalue weighted by atomic mass is 28.4. The monoisotopic (exact) mass is 350 g/mol. The topological polar surface area (TPSA) is 9.23 Å². The van der Waals surface area contributed by atoms with Crippen LogP contribution in [0.2, 0.25) is 16.6 Å². The highest BCUT2D eigenvalue weighted by Crippen LogP contribution is 2.42. The molecule has 0 aromatic heterocycles. The molecular weight excluding hydrogens is 308 g/mol. The Morgan fingerprint density at radius 2 is 1.54 bits per heavy atom. The van der Waals surface area contributed by atoms with Crippen molar-refractivity contribution >= 4 is 8.32 Å². The summed E-state index contributed by atoms with van der Waals surface area (Å²) in [5.41, 5.74) is 2.91. The molecule has 0 amide bonds. The van der Waals surface area contributed by atoms with Crippen molar-refractivity contribution in [2.45, 2.75) is 111 Å². The van der Waals surface area contributed by atoms with Gasteiger partial charge in [0.2, 0.25) is 0 Å². The van der Waals surface area contributed by atoms with Gasteiger partial charge in [-0.1, -0.05) is 79.2 Å². The summed E-state index contributed by atoms with van der Waals surface area (Å²) in [6.07, 6.45) is 9.06. The highest BCUT2D eigenvalue weighted by molar-refractivity contribution is 6.77. The number of hydrogen-bond acceptors (Lipinski definition) is 1. The Hall–Kier alpha value is -0.683. The molecule has 0 aliphatic heterocycles. The molecule has 0 bridgehead atoms. The SMILES string of the molecule is C=C(C)CC(C)(C#CO[Si](C(C)C)(C(C)C)C(C)C)CCCCC. The van der Waals surface area contributed by atoms with E-state index in [0.29, 0.717) is 16.6 Å². The maximum absolute atomic E-state index is 6.45. The van der Waals surface area contributed by atoms with Crippen LogP contribution < -0.4 is 0 Å². The lowest BCUT2D eigenvalue weighted by molar-refractivity contribution is 0.378. The van der Waals surface area contributed by atoms with Gasteiger partial charge in [0.25, 0.3) is 8.32 Å². The molecule has 0 aliphatic rings. The summed E-state index contributed by atoms with van der Waals surface area (Å²) in [6, 6.07) is 0. The van der Waals surface area contributed by atoms with Crippen molar-refractivity contribution in [1.82, 2.24) is 0 Å². The zero-order chi connectivity index (χ0) is 19.0. The first-order chi connectivity index (χ1) is 11.0. The maximum atomic E-state index is 6.45. The van der Waals surface area contributed by atoms with E-state index in [0.717, 1.165) is 12.8 Å². The van der Waals surface area contributed by atoms with Crippen molar-refractivity contribution < 1.29 is 4.43 Å². The quantitative estimate of drug-likeness (QED) is 0.170. The number of rotatable bonds is 10. The smallest absolute Gasteiger partial charge is 0.272 e. The van der Waals surface area contributed by atoms with Gasteiger partial charge in [0.15, 0.2) is 0 Å². The minimum atomic E-state index is -1.90. The van der Waals surface area contributed by atoms with Gasteiger partial charge in [0.1, 0.15) is 0 Å². The van der Waals surface area contributed by atoms with Crippen LogP contribution in [0.4, 0.5) is 0 Å². The molecule has 1 nitrogen and oxygen atoms in total. The van der Waals surface area contributed by atoms with Crippen LogP contribution in [0.25, 0.3) is 0 Å². The minimum Gasteiger partial charge on any atom is -0.500 e. The van der Waals surface area contributed by atoms with Crippen molar-refractivity contribution in [3.8, 4) is 12.0 Å². The van der Waals surface area contributed by atoms with Crippen LogP contribution in [-0.4, -0.2) is 8.32 Å². The summed E-state index contributed by atoms with van der Waals surface area (Å²) in [4.78, 5) is 0. The summed E-state index contributed by atoms with van der Waals surface area (Å²) in [5.74, 6) is 3.51. The van der Waals surface area contributed by atoms with Crippen LogP contribution in [0, 0.1) is 17.4 Å². The molecule has 140 valence electrons. The van der Waals surface area contributed by atoms with E-state index < -0.39 is 8.32 Å². The summed E-state index contributed by atoms with van der Waals surface area (Å²) < 4.78 is 6.45. The first-order valence-corrected chi connectivity index (χ1v) is 12.0. The van der Waals surface area contributed by atoms with Crippen molar-refractivity contribution in [1.29, 1.82) is 0 Å². The standard InChI is InChI=1S/C22H42OSi/c1-11-12-13-14-22(10,17-18(2)3)15-16-23-24(19(4)5,20(6)7)21(8)9/h19-21H,2,11-14,17H2,1,3-10H3. The average molecular weight is 351 g/mol. The molecule has 24 heavy (non-hydrogen) atoms. The zero-order valence-corrected chi connectivity index (χ0v) is 18.9. The first-order valence-electron chi connectivity index (χ1n) is 9.86. The Labute approximate surface area is 153 Å². The van der Waals surface area contributed by atoms with Gasteiger partial charge in [0, 0.05) is 5.41 Å². The van der Waals surface area contributed by atoms with Crippen LogP contribution in [0.15, 0.2) is 12.2 Å². The van der Waals surface area contributed by atoms with Crippen LogP contribution in [-0.2, 0) is 4.43 Å². The number of unbranched alkanes of at least 4 members (excludes halogenated alkanes) is 2. The van der Waals surface area contributed by atoms with Gasteiger partial charge in [0.05, 0.1) is 6.11 Å². The molecule has 0 fully saturated rings. The van der Waals surface area contributed by atoms with E-state index in [1.807, 2.05) is 0 Å². The molecule has 1 atom stereocenters. The predicted molar refractivity (Wildman–Crippen MR) is 112 cm³/mol. The fourth-order valence-corrected chi connectivity index (χ4v) is 9.15. The van der Waals surface area contributed by atoms with E-state index in [2.05, 4.69) is 80.9 Å². The van der Waals surface area contributed by atoms with E-state index in [9.17, 15) is 0 Å². The van der Waals surface area contributed by atoms with Gasteiger partial charge in [-0.15, -0.1) is 6.58 Å². The predicted octanol–water partition coefficient (Wildman–Crippen LogP) is 7.69. The van der Waals surface area contributed by atoms with E-state index in [-0.39, 0.29) is 5.41 Å². The van der Waals surface area contributed by atoms with E-state index >= 15 is 0 Å². The number of allylic oxidation sites excluding steroid dienone is 1. The lowest BCUT2D eigenvalue weighted by atomic mass is 9.80. The van der Waals surface area contributed by atoms with Crippen molar-refractivity contribution in [2.24, 2.45) is 5.41 Å². The fourth-order valence-electron chi connectivity index (χ4n) is 4.22. The molecule has 0 aromatic carbocycles. The van der Waals surface area contributed by atoms with Crippen LogP contribution in [0.3, 0.4) is 0 Å². The molecule has 0 heterocycles. The summed E-state index contributed by atoms with van der Waals surface area (Å²) in [7, 11) is -1.90. The Morgan fingerprint density at radius 1 is 1.04 bits per heavy atom. The molecule has 0 aromatic rings. The molecule has 0 radical (unpaired) electrons. The van der Waals surface area contributed by atoms with Crippen LogP contribution in [0.1, 0.15) is 94.4 Å². The van der Waals surface area contributed by atoms with Crippen molar-refractivity contribution in [3.63, 3.8) is 0 Å². The van der Waals surface area contributed by atoms with Crippen LogP contribution in [0.5, 0.6) is 0 Å². The Bertz CT molecular complexity index is 417. The molecule has 0 saturated carbocycles. The third kappa shape index (κ3) is 6.67. The lowest BCUT2D eigenvalue weighted by Crippen LogP contribution is -2.46. The summed E-state index contributed by atoms with van der Waals surface area (Å²) >= 11 is 0. The largest absolute Gasteiger partial charge is 0.500 e.